The van der Waals surface area contributed by atoms with Crippen LogP contribution in [0.2, 0.25) is 0 Å². The maximum absolute atomic E-state index is 9.56. The monoisotopic (exact) mass is 410 g/mol. The molecule has 0 aliphatic heterocycles. The molecule has 0 amide bonds. The molecule has 1 aromatic carbocycles. The Morgan fingerprint density at radius 1 is 1.13 bits per heavy atom. The van der Waals surface area contributed by atoms with Gasteiger partial charge in [0.25, 0.3) is 0 Å². The van der Waals surface area contributed by atoms with Crippen LogP contribution in [0.5, 0.6) is 0 Å². The molecule has 0 saturated heterocycles. The summed E-state index contributed by atoms with van der Waals surface area (Å²) in [6, 6.07) is 14.1. The molecule has 5 aromatic rings. The zero-order valence-corrected chi connectivity index (χ0v) is 17.2. The van der Waals surface area contributed by atoms with Crippen LogP contribution >= 0.6 is 0 Å². The van der Waals surface area contributed by atoms with Crippen LogP contribution in [-0.4, -0.2) is 41.2 Å². The average molecular weight is 410 g/mol. The second kappa shape index (κ2) is 7.70. The summed E-state index contributed by atoms with van der Waals surface area (Å²) >= 11 is 0. The number of hydrogen-bond donors (Lipinski definition) is 2. The highest BCUT2D eigenvalue weighted by Gasteiger charge is 2.17. The molecule has 0 bridgehead atoms. The first-order valence-electron chi connectivity index (χ1n) is 10.0. The summed E-state index contributed by atoms with van der Waals surface area (Å²) in [5, 5.41) is 19.6. The van der Waals surface area contributed by atoms with Gasteiger partial charge in [0.2, 0.25) is 0 Å². The van der Waals surface area contributed by atoms with E-state index in [1.807, 2.05) is 72.9 Å². The van der Waals surface area contributed by atoms with Crippen molar-refractivity contribution in [3.63, 3.8) is 0 Å². The molecule has 0 aliphatic carbocycles. The molecule has 31 heavy (non-hydrogen) atoms. The Bertz CT molecular complexity index is 1380. The van der Waals surface area contributed by atoms with Crippen molar-refractivity contribution in [1.82, 2.24) is 29.5 Å². The van der Waals surface area contributed by atoms with Crippen molar-refractivity contribution < 1.29 is 5.11 Å². The predicted octanol–water partition coefficient (Wildman–Crippen LogP) is 3.88. The number of aromatic nitrogens is 6. The summed E-state index contributed by atoms with van der Waals surface area (Å²) in [4.78, 5) is 7.82. The lowest BCUT2D eigenvalue weighted by Gasteiger charge is -2.08. The van der Waals surface area contributed by atoms with Gasteiger partial charge in [-0.3, -0.25) is 9.36 Å². The van der Waals surface area contributed by atoms with Gasteiger partial charge in [0, 0.05) is 47.7 Å². The van der Waals surface area contributed by atoms with Gasteiger partial charge < -0.3 is 10.1 Å². The number of aliphatic hydroxyl groups excluding tert-OH is 1. The summed E-state index contributed by atoms with van der Waals surface area (Å²) < 4.78 is 3.58. The van der Waals surface area contributed by atoms with Crippen molar-refractivity contribution in [3.8, 4) is 22.4 Å². The van der Waals surface area contributed by atoms with Crippen molar-refractivity contribution >= 4 is 16.6 Å². The van der Waals surface area contributed by atoms with Crippen molar-refractivity contribution in [2.75, 3.05) is 6.61 Å². The van der Waals surface area contributed by atoms with E-state index in [0.717, 1.165) is 50.2 Å². The zero-order valence-electron chi connectivity index (χ0n) is 17.2. The van der Waals surface area contributed by atoms with Crippen molar-refractivity contribution in [3.05, 3.63) is 85.1 Å². The van der Waals surface area contributed by atoms with Gasteiger partial charge in [0.1, 0.15) is 5.65 Å². The number of pyridine rings is 1. The first-order chi connectivity index (χ1) is 15.1. The summed E-state index contributed by atoms with van der Waals surface area (Å²) in [5.74, 6) is 0. The molecule has 0 spiro atoms. The fourth-order valence-electron chi connectivity index (χ4n) is 3.79. The molecule has 0 saturated carbocycles. The van der Waals surface area contributed by atoms with E-state index in [2.05, 4.69) is 27.7 Å². The Morgan fingerprint density at radius 3 is 2.71 bits per heavy atom. The minimum absolute atomic E-state index is 0.00319. The fourth-order valence-corrected chi connectivity index (χ4v) is 3.79. The third kappa shape index (κ3) is 3.45. The van der Waals surface area contributed by atoms with Gasteiger partial charge in [-0.1, -0.05) is 36.9 Å². The summed E-state index contributed by atoms with van der Waals surface area (Å²) in [6.45, 7) is 4.67. The largest absolute Gasteiger partial charge is 0.394 e. The molecule has 0 radical (unpaired) electrons. The fraction of sp³-hybridized carbons (Fsp3) is 0.125. The first-order valence-corrected chi connectivity index (χ1v) is 10.0. The molecule has 0 aliphatic rings. The normalized spacial score (nSPS) is 11.3. The van der Waals surface area contributed by atoms with Gasteiger partial charge >= 0.3 is 0 Å². The lowest BCUT2D eigenvalue weighted by atomic mass is 10.0. The smallest absolute Gasteiger partial charge is 0.137 e. The Balaban J connectivity index is 1.60. The van der Waals surface area contributed by atoms with Crippen molar-refractivity contribution in [2.24, 2.45) is 7.05 Å². The van der Waals surface area contributed by atoms with E-state index in [4.69, 9.17) is 5.10 Å². The highest BCUT2D eigenvalue weighted by molar-refractivity contribution is 5.95. The van der Waals surface area contributed by atoms with Gasteiger partial charge in [-0.25, -0.2) is 4.98 Å². The maximum Gasteiger partial charge on any atom is 0.137 e. The van der Waals surface area contributed by atoms with Crippen LogP contribution < -0.4 is 0 Å². The number of aromatic amines is 1. The molecular formula is C24H22N6O. The van der Waals surface area contributed by atoms with Crippen LogP contribution in [0.15, 0.2) is 73.8 Å². The predicted molar refractivity (Wildman–Crippen MR) is 121 cm³/mol. The van der Waals surface area contributed by atoms with Gasteiger partial charge in [-0.2, -0.15) is 10.2 Å². The number of fused-ring (bicyclic) bond motifs is 1. The summed E-state index contributed by atoms with van der Waals surface area (Å²) in [6.07, 6.45) is 7.55. The SMILES string of the molecule is C=C(c1ccccc1)c1cc(-c2c[nH]c3ncc(-c4cnn(C)c4)cc23)nn1CCO. The van der Waals surface area contributed by atoms with E-state index in [9.17, 15) is 5.11 Å². The minimum atomic E-state index is -0.00319. The number of nitrogens with one attached hydrogen (secondary N) is 1. The number of nitrogens with zero attached hydrogens (tertiary/aromatic N) is 5. The second-order valence-corrected chi connectivity index (χ2v) is 7.43. The molecule has 7 heteroatoms. The van der Waals surface area contributed by atoms with E-state index >= 15 is 0 Å². The van der Waals surface area contributed by atoms with Crippen LogP contribution in [0.4, 0.5) is 0 Å². The van der Waals surface area contributed by atoms with Crippen LogP contribution in [-0.2, 0) is 13.6 Å². The lowest BCUT2D eigenvalue weighted by molar-refractivity contribution is 0.269. The first kappa shape index (κ1) is 19.0. The molecule has 7 nitrogen and oxygen atoms in total. The third-order valence-electron chi connectivity index (χ3n) is 5.37. The number of H-pyrrole nitrogens is 1. The quantitative estimate of drug-likeness (QED) is 0.445. The van der Waals surface area contributed by atoms with Crippen LogP contribution in [0.25, 0.3) is 39.0 Å². The topological polar surface area (TPSA) is 84.5 Å². The molecule has 5 rings (SSSR count). The standard InChI is InChI=1S/C24H22N6O/c1-16(17-6-4-3-5-7-17)23-11-22(28-30(23)8-9-31)21-14-26-24-20(21)10-18(12-25-24)19-13-27-29(2)15-19/h3-7,10-15,31H,1,8-9H2,2H3,(H,25,26). The minimum Gasteiger partial charge on any atom is -0.394 e. The van der Waals surface area contributed by atoms with E-state index in [1.54, 1.807) is 4.68 Å². The Labute approximate surface area is 179 Å². The molecule has 4 heterocycles. The van der Waals surface area contributed by atoms with Crippen LogP contribution in [0, 0.1) is 0 Å². The molecule has 0 unspecified atom stereocenters. The zero-order chi connectivity index (χ0) is 21.4. The van der Waals surface area contributed by atoms with Crippen molar-refractivity contribution in [1.29, 1.82) is 0 Å². The summed E-state index contributed by atoms with van der Waals surface area (Å²) in [5.41, 5.74) is 7.31. The van der Waals surface area contributed by atoms with E-state index in [1.165, 1.54) is 0 Å². The van der Waals surface area contributed by atoms with E-state index in [0.29, 0.717) is 6.54 Å². The van der Waals surface area contributed by atoms with Gasteiger partial charge in [0.15, 0.2) is 0 Å². The molecule has 154 valence electrons. The second-order valence-electron chi connectivity index (χ2n) is 7.43. The number of aryl methyl sites for hydroxylation is 1. The van der Waals surface area contributed by atoms with Gasteiger partial charge in [0.05, 0.1) is 30.7 Å². The molecule has 0 fully saturated rings. The third-order valence-corrected chi connectivity index (χ3v) is 5.37. The molecule has 0 atom stereocenters. The van der Waals surface area contributed by atoms with Gasteiger partial charge in [-0.05, 0) is 23.3 Å². The van der Waals surface area contributed by atoms with E-state index in [-0.39, 0.29) is 6.61 Å². The summed E-state index contributed by atoms with van der Waals surface area (Å²) in [7, 11) is 1.89. The van der Waals surface area contributed by atoms with Crippen LogP contribution in [0.1, 0.15) is 11.3 Å². The van der Waals surface area contributed by atoms with Crippen LogP contribution in [0.3, 0.4) is 0 Å². The number of hydrogen-bond acceptors (Lipinski definition) is 4. The van der Waals surface area contributed by atoms with Crippen molar-refractivity contribution in [2.45, 2.75) is 6.54 Å². The Hall–Kier alpha value is -3.97. The average Bonchev–Trinajstić information content (AvgIpc) is 3.52. The number of aliphatic hydroxyl groups is 1. The highest BCUT2D eigenvalue weighted by Crippen LogP contribution is 2.32. The maximum atomic E-state index is 9.56. The Kier molecular flexibility index (Phi) is 4.72. The molecule has 4 aromatic heterocycles. The lowest BCUT2D eigenvalue weighted by Crippen LogP contribution is -2.07. The Morgan fingerprint density at radius 2 is 1.97 bits per heavy atom. The molecule has 2 N–H and O–H groups in total. The highest BCUT2D eigenvalue weighted by atomic mass is 16.3. The molecular weight excluding hydrogens is 388 g/mol. The van der Waals surface area contributed by atoms with E-state index < -0.39 is 0 Å². The number of rotatable bonds is 6. The number of benzene rings is 1. The van der Waals surface area contributed by atoms with Gasteiger partial charge in [-0.15, -0.1) is 0 Å².